The first kappa shape index (κ1) is 13.4. The van der Waals surface area contributed by atoms with Crippen LogP contribution in [0.25, 0.3) is 0 Å². The van der Waals surface area contributed by atoms with E-state index in [4.69, 9.17) is 5.73 Å². The van der Waals surface area contributed by atoms with Gasteiger partial charge >= 0.3 is 0 Å². The molecule has 3 nitrogen and oxygen atoms in total. The predicted molar refractivity (Wildman–Crippen MR) is 75.4 cm³/mol. The Hall–Kier alpha value is -1.06. The number of nitrogens with two attached hydrogens (primary N) is 1. The van der Waals surface area contributed by atoms with Crippen LogP contribution in [-0.4, -0.2) is 17.7 Å². The molecule has 0 amide bonds. The summed E-state index contributed by atoms with van der Waals surface area (Å²) in [5, 5.41) is 13.6. The Morgan fingerprint density at radius 3 is 2.72 bits per heavy atom. The summed E-state index contributed by atoms with van der Waals surface area (Å²) in [6, 6.07) is 6.38. The highest BCUT2D eigenvalue weighted by atomic mass is 16.3. The van der Waals surface area contributed by atoms with E-state index in [0.29, 0.717) is 12.6 Å². The van der Waals surface area contributed by atoms with Gasteiger partial charge in [-0.3, -0.25) is 0 Å². The second-order valence-electron chi connectivity index (χ2n) is 5.38. The molecule has 1 aliphatic rings. The van der Waals surface area contributed by atoms with E-state index in [1.54, 1.807) is 0 Å². The Balaban J connectivity index is 1.86. The Kier molecular flexibility index (Phi) is 4.61. The monoisotopic (exact) mass is 248 g/mol. The maximum Gasteiger partial charge on any atom is 0.0915 e. The molecule has 1 saturated carbocycles. The number of hydrogen-bond donors (Lipinski definition) is 3. The molecule has 0 saturated heterocycles. The number of benzene rings is 1. The third-order valence-corrected chi connectivity index (χ3v) is 3.89. The highest BCUT2D eigenvalue weighted by molar-refractivity contribution is 5.48. The average Bonchev–Trinajstić information content (AvgIpc) is 2.40. The quantitative estimate of drug-likeness (QED) is 0.718. The lowest BCUT2D eigenvalue weighted by Crippen LogP contribution is -2.34. The molecular formula is C15H24N2O. The van der Waals surface area contributed by atoms with Gasteiger partial charge in [-0.15, -0.1) is 0 Å². The van der Waals surface area contributed by atoms with Gasteiger partial charge in [0.15, 0.2) is 0 Å². The molecule has 0 radical (unpaired) electrons. The standard InChI is InChI=1S/C15H24N2O/c1-11-7-8-12(9-14(11)16)15(18)10-17-13-5-3-2-4-6-13/h7-9,13,15,17-18H,2-6,10,16H2,1H3. The highest BCUT2D eigenvalue weighted by Crippen LogP contribution is 2.21. The number of aryl methyl sites for hydroxylation is 1. The number of rotatable bonds is 4. The van der Waals surface area contributed by atoms with E-state index in [9.17, 15) is 5.11 Å². The highest BCUT2D eigenvalue weighted by Gasteiger charge is 2.15. The van der Waals surface area contributed by atoms with Gasteiger partial charge < -0.3 is 16.2 Å². The minimum Gasteiger partial charge on any atom is -0.399 e. The van der Waals surface area contributed by atoms with Crippen molar-refractivity contribution in [2.75, 3.05) is 12.3 Å². The topological polar surface area (TPSA) is 58.3 Å². The van der Waals surface area contributed by atoms with Gasteiger partial charge in [-0.1, -0.05) is 31.4 Å². The van der Waals surface area contributed by atoms with E-state index in [-0.39, 0.29) is 0 Å². The van der Waals surface area contributed by atoms with Crippen molar-refractivity contribution in [2.45, 2.75) is 51.2 Å². The minimum atomic E-state index is -0.463. The van der Waals surface area contributed by atoms with Crippen LogP contribution >= 0.6 is 0 Å². The lowest BCUT2D eigenvalue weighted by molar-refractivity contribution is 0.165. The fourth-order valence-corrected chi connectivity index (χ4v) is 2.57. The van der Waals surface area contributed by atoms with E-state index >= 15 is 0 Å². The molecule has 3 heteroatoms. The third kappa shape index (κ3) is 3.47. The predicted octanol–water partition coefficient (Wildman–Crippen LogP) is 2.53. The van der Waals surface area contributed by atoms with Crippen LogP contribution in [0, 0.1) is 6.92 Å². The summed E-state index contributed by atoms with van der Waals surface area (Å²) in [7, 11) is 0. The van der Waals surface area contributed by atoms with Crippen molar-refractivity contribution in [3.05, 3.63) is 29.3 Å². The maximum absolute atomic E-state index is 10.1. The normalized spacial score (nSPS) is 18.8. The average molecular weight is 248 g/mol. The molecule has 1 aliphatic carbocycles. The van der Waals surface area contributed by atoms with Crippen LogP contribution in [0.1, 0.15) is 49.3 Å². The molecule has 2 rings (SSSR count). The Bertz CT molecular complexity index is 386. The number of aliphatic hydroxyl groups is 1. The summed E-state index contributed by atoms with van der Waals surface area (Å²) in [6.07, 6.45) is 5.99. The molecule has 1 atom stereocenters. The van der Waals surface area contributed by atoms with Gasteiger partial charge in [-0.05, 0) is 37.0 Å². The van der Waals surface area contributed by atoms with Gasteiger partial charge in [0.05, 0.1) is 6.10 Å². The van der Waals surface area contributed by atoms with Crippen molar-refractivity contribution in [1.29, 1.82) is 0 Å². The van der Waals surface area contributed by atoms with Gasteiger partial charge in [-0.25, -0.2) is 0 Å². The van der Waals surface area contributed by atoms with Crippen LogP contribution in [0.5, 0.6) is 0 Å². The van der Waals surface area contributed by atoms with Crippen LogP contribution in [-0.2, 0) is 0 Å². The van der Waals surface area contributed by atoms with E-state index in [1.165, 1.54) is 32.1 Å². The Morgan fingerprint density at radius 2 is 2.06 bits per heavy atom. The van der Waals surface area contributed by atoms with E-state index < -0.39 is 6.10 Å². The summed E-state index contributed by atoms with van der Waals surface area (Å²) in [4.78, 5) is 0. The molecule has 0 bridgehead atoms. The zero-order valence-electron chi connectivity index (χ0n) is 11.2. The first-order valence-corrected chi connectivity index (χ1v) is 6.94. The number of nitrogens with one attached hydrogen (secondary N) is 1. The van der Waals surface area contributed by atoms with Gasteiger partial charge in [0, 0.05) is 18.3 Å². The second-order valence-corrected chi connectivity index (χ2v) is 5.38. The lowest BCUT2D eigenvalue weighted by Gasteiger charge is -2.24. The van der Waals surface area contributed by atoms with Crippen molar-refractivity contribution < 1.29 is 5.11 Å². The van der Waals surface area contributed by atoms with Gasteiger partial charge in [0.25, 0.3) is 0 Å². The molecule has 1 aromatic carbocycles. The summed E-state index contributed by atoms with van der Waals surface area (Å²) >= 11 is 0. The van der Waals surface area contributed by atoms with E-state index in [0.717, 1.165) is 16.8 Å². The summed E-state index contributed by atoms with van der Waals surface area (Å²) in [6.45, 7) is 2.60. The van der Waals surface area contributed by atoms with Crippen molar-refractivity contribution in [1.82, 2.24) is 5.32 Å². The molecule has 0 spiro atoms. The Morgan fingerprint density at radius 1 is 1.33 bits per heavy atom. The summed E-state index contributed by atoms with van der Waals surface area (Å²) in [5.74, 6) is 0. The first-order valence-electron chi connectivity index (χ1n) is 6.94. The van der Waals surface area contributed by atoms with Gasteiger partial charge in [0.1, 0.15) is 0 Å². The second kappa shape index (κ2) is 6.21. The number of hydrogen-bond acceptors (Lipinski definition) is 3. The lowest BCUT2D eigenvalue weighted by atomic mass is 9.95. The molecular weight excluding hydrogens is 224 g/mol. The largest absolute Gasteiger partial charge is 0.399 e. The maximum atomic E-state index is 10.1. The van der Waals surface area contributed by atoms with Crippen LogP contribution in [0.4, 0.5) is 5.69 Å². The molecule has 0 heterocycles. The molecule has 0 aliphatic heterocycles. The van der Waals surface area contributed by atoms with Crippen molar-refractivity contribution in [3.63, 3.8) is 0 Å². The minimum absolute atomic E-state index is 0.463. The van der Waals surface area contributed by atoms with Crippen LogP contribution in [0.2, 0.25) is 0 Å². The van der Waals surface area contributed by atoms with E-state index in [2.05, 4.69) is 5.32 Å². The number of aliphatic hydroxyl groups excluding tert-OH is 1. The molecule has 1 fully saturated rings. The van der Waals surface area contributed by atoms with Gasteiger partial charge in [-0.2, -0.15) is 0 Å². The smallest absolute Gasteiger partial charge is 0.0915 e. The molecule has 100 valence electrons. The summed E-state index contributed by atoms with van der Waals surface area (Å²) in [5.41, 5.74) is 8.59. The molecule has 4 N–H and O–H groups in total. The number of anilines is 1. The molecule has 0 aromatic heterocycles. The zero-order chi connectivity index (χ0) is 13.0. The van der Waals surface area contributed by atoms with Crippen LogP contribution < -0.4 is 11.1 Å². The van der Waals surface area contributed by atoms with E-state index in [1.807, 2.05) is 25.1 Å². The first-order chi connectivity index (χ1) is 8.66. The van der Waals surface area contributed by atoms with Gasteiger partial charge in [0.2, 0.25) is 0 Å². The zero-order valence-corrected chi connectivity index (χ0v) is 11.2. The van der Waals surface area contributed by atoms with Crippen LogP contribution in [0.15, 0.2) is 18.2 Å². The molecule has 1 unspecified atom stereocenters. The molecule has 1 aromatic rings. The fourth-order valence-electron chi connectivity index (χ4n) is 2.57. The van der Waals surface area contributed by atoms with Crippen molar-refractivity contribution in [2.24, 2.45) is 0 Å². The van der Waals surface area contributed by atoms with Crippen molar-refractivity contribution >= 4 is 5.69 Å². The van der Waals surface area contributed by atoms with Crippen molar-refractivity contribution in [3.8, 4) is 0 Å². The molecule has 18 heavy (non-hydrogen) atoms. The van der Waals surface area contributed by atoms with Crippen LogP contribution in [0.3, 0.4) is 0 Å². The fraction of sp³-hybridized carbons (Fsp3) is 0.600. The third-order valence-electron chi connectivity index (χ3n) is 3.89. The SMILES string of the molecule is Cc1ccc(C(O)CNC2CCCCC2)cc1N. The number of nitrogen functional groups attached to an aromatic ring is 1. The Labute approximate surface area is 109 Å². The summed E-state index contributed by atoms with van der Waals surface area (Å²) < 4.78 is 0.